The first-order valence-electron chi connectivity index (χ1n) is 4.33. The quantitative estimate of drug-likeness (QED) is 0.521. The molecule has 0 unspecified atom stereocenters. The second-order valence-electron chi connectivity index (χ2n) is 2.89. The minimum absolute atomic E-state index is 1.07. The topological polar surface area (TPSA) is 0 Å². The monoisotopic (exact) mass is 187 g/mol. The fraction of sp³-hybridized carbons (Fsp3) is 0.0833. The second kappa shape index (κ2) is 4.24. The maximum Gasteiger partial charge on any atom is 0.00644 e. The molecule has 0 N–H and O–H groups in total. The van der Waals surface area contributed by atoms with Gasteiger partial charge in [-0.05, 0) is 17.9 Å². The van der Waals surface area contributed by atoms with Crippen molar-refractivity contribution < 1.29 is 0 Å². The molecule has 2 aromatic carbocycles. The third-order valence-corrected chi connectivity index (χ3v) is 2.96. The van der Waals surface area contributed by atoms with Crippen molar-refractivity contribution in [3.8, 4) is 0 Å². The van der Waals surface area contributed by atoms with Gasteiger partial charge in [0.15, 0.2) is 0 Å². The molecule has 0 heterocycles. The van der Waals surface area contributed by atoms with Crippen molar-refractivity contribution in [1.82, 2.24) is 0 Å². The summed E-state index contributed by atoms with van der Waals surface area (Å²) in [5.74, 6) is 1.07. The third-order valence-electron chi connectivity index (χ3n) is 1.88. The molecular weight excluding hydrogens is 176 g/mol. The van der Waals surface area contributed by atoms with Crippen molar-refractivity contribution in [2.45, 2.75) is 10.6 Å². The van der Waals surface area contributed by atoms with Gasteiger partial charge in [0.05, 0.1) is 0 Å². The molecule has 2 rings (SSSR count). The van der Waals surface area contributed by atoms with Gasteiger partial charge in [-0.25, -0.2) is 6.07 Å². The summed E-state index contributed by atoms with van der Waals surface area (Å²) in [6.45, 7) is 0. The SMILES string of the molecule is c1ccc(SCc2cc[cH-]c2)cc1. The molecule has 0 aliphatic heterocycles. The molecule has 0 bridgehead atoms. The largest absolute Gasteiger partial charge is 0.210 e. The molecule has 0 aliphatic rings. The van der Waals surface area contributed by atoms with E-state index in [1.165, 1.54) is 10.5 Å². The van der Waals surface area contributed by atoms with Gasteiger partial charge in [-0.2, -0.15) is 23.8 Å². The summed E-state index contributed by atoms with van der Waals surface area (Å²) in [7, 11) is 0. The summed E-state index contributed by atoms with van der Waals surface area (Å²) in [6.07, 6.45) is 0. The molecule has 0 atom stereocenters. The van der Waals surface area contributed by atoms with E-state index < -0.39 is 0 Å². The highest BCUT2D eigenvalue weighted by atomic mass is 32.2. The van der Waals surface area contributed by atoms with Gasteiger partial charge < -0.3 is 0 Å². The van der Waals surface area contributed by atoms with Crippen molar-refractivity contribution in [3.63, 3.8) is 0 Å². The molecule has 0 fully saturated rings. The van der Waals surface area contributed by atoms with Gasteiger partial charge in [0.2, 0.25) is 0 Å². The minimum Gasteiger partial charge on any atom is -0.210 e. The van der Waals surface area contributed by atoms with Crippen molar-refractivity contribution in [3.05, 3.63) is 60.2 Å². The van der Waals surface area contributed by atoms with Gasteiger partial charge >= 0.3 is 0 Å². The van der Waals surface area contributed by atoms with Gasteiger partial charge in [0, 0.05) is 4.90 Å². The van der Waals surface area contributed by atoms with E-state index in [0.717, 1.165) is 5.75 Å². The molecule has 0 saturated carbocycles. The molecule has 0 nitrogen and oxygen atoms in total. The Morgan fingerprint density at radius 1 is 1.08 bits per heavy atom. The van der Waals surface area contributed by atoms with E-state index >= 15 is 0 Å². The van der Waals surface area contributed by atoms with Crippen LogP contribution in [-0.4, -0.2) is 0 Å². The summed E-state index contributed by atoms with van der Waals surface area (Å²) in [5.41, 5.74) is 1.40. The van der Waals surface area contributed by atoms with E-state index in [4.69, 9.17) is 0 Å². The summed E-state index contributed by atoms with van der Waals surface area (Å²) in [6, 6.07) is 19.0. The zero-order valence-electron chi connectivity index (χ0n) is 7.31. The fourth-order valence-electron chi connectivity index (χ4n) is 1.19. The van der Waals surface area contributed by atoms with Crippen molar-refractivity contribution in [2.75, 3.05) is 0 Å². The lowest BCUT2D eigenvalue weighted by Crippen LogP contribution is -1.74. The summed E-state index contributed by atoms with van der Waals surface area (Å²) in [4.78, 5) is 1.34. The first-order valence-corrected chi connectivity index (χ1v) is 5.32. The first-order chi connectivity index (χ1) is 6.45. The molecular formula is C12H11S-. The number of hydrogen-bond acceptors (Lipinski definition) is 1. The zero-order valence-corrected chi connectivity index (χ0v) is 8.13. The predicted molar refractivity (Wildman–Crippen MR) is 58.0 cm³/mol. The van der Waals surface area contributed by atoms with Gasteiger partial charge in [0.1, 0.15) is 0 Å². The Morgan fingerprint density at radius 3 is 2.62 bits per heavy atom. The standard InChI is InChI=1S/C12H11S/c1-2-8-12(9-3-1)13-10-11-6-4-5-7-11/h1-9H,10H2/q-1. The van der Waals surface area contributed by atoms with Crippen LogP contribution in [0.25, 0.3) is 0 Å². The Kier molecular flexibility index (Phi) is 2.78. The van der Waals surface area contributed by atoms with E-state index in [-0.39, 0.29) is 0 Å². The van der Waals surface area contributed by atoms with Gasteiger partial charge in [-0.15, -0.1) is 11.8 Å². The van der Waals surface area contributed by atoms with Crippen LogP contribution >= 0.6 is 11.8 Å². The number of hydrogen-bond donors (Lipinski definition) is 0. The lowest BCUT2D eigenvalue weighted by molar-refractivity contribution is 1.41. The van der Waals surface area contributed by atoms with Gasteiger partial charge in [0.25, 0.3) is 0 Å². The highest BCUT2D eigenvalue weighted by molar-refractivity contribution is 7.98. The Balaban J connectivity index is 1.94. The lowest BCUT2D eigenvalue weighted by atomic mass is 10.4. The first kappa shape index (κ1) is 8.52. The molecule has 0 radical (unpaired) electrons. The highest BCUT2D eigenvalue weighted by Gasteiger charge is 1.89. The molecule has 0 aliphatic carbocycles. The average Bonchev–Trinajstić information content (AvgIpc) is 2.69. The van der Waals surface area contributed by atoms with Crippen LogP contribution in [0.5, 0.6) is 0 Å². The molecule has 66 valence electrons. The van der Waals surface area contributed by atoms with Crippen LogP contribution in [0.4, 0.5) is 0 Å². The Morgan fingerprint density at radius 2 is 1.92 bits per heavy atom. The Bertz CT molecular complexity index is 335. The number of thioether (sulfide) groups is 1. The van der Waals surface area contributed by atoms with Crippen LogP contribution in [0.15, 0.2) is 59.5 Å². The maximum atomic E-state index is 2.16. The lowest BCUT2D eigenvalue weighted by Gasteiger charge is -2.03. The molecule has 0 saturated heterocycles. The summed E-state index contributed by atoms with van der Waals surface area (Å²) < 4.78 is 0. The molecule has 0 spiro atoms. The van der Waals surface area contributed by atoms with Crippen molar-refractivity contribution in [2.24, 2.45) is 0 Å². The van der Waals surface area contributed by atoms with Crippen LogP contribution in [0.1, 0.15) is 5.56 Å². The van der Waals surface area contributed by atoms with Crippen LogP contribution in [0.3, 0.4) is 0 Å². The normalized spacial score (nSPS) is 10.2. The molecule has 13 heavy (non-hydrogen) atoms. The summed E-state index contributed by atoms with van der Waals surface area (Å²) in [5, 5.41) is 0. The average molecular weight is 187 g/mol. The predicted octanol–water partition coefficient (Wildman–Crippen LogP) is 3.70. The minimum atomic E-state index is 1.07. The van der Waals surface area contributed by atoms with Gasteiger partial charge in [-0.3, -0.25) is 0 Å². The van der Waals surface area contributed by atoms with Gasteiger partial charge in [-0.1, -0.05) is 18.2 Å². The van der Waals surface area contributed by atoms with Crippen LogP contribution < -0.4 is 0 Å². The number of rotatable bonds is 3. The van der Waals surface area contributed by atoms with E-state index in [9.17, 15) is 0 Å². The summed E-state index contributed by atoms with van der Waals surface area (Å²) >= 11 is 1.88. The van der Waals surface area contributed by atoms with Crippen LogP contribution in [0.2, 0.25) is 0 Å². The van der Waals surface area contributed by atoms with E-state index in [1.54, 1.807) is 0 Å². The van der Waals surface area contributed by atoms with Crippen molar-refractivity contribution >= 4 is 11.8 Å². The molecule has 2 aromatic rings. The number of benzene rings is 1. The Hall–Kier alpha value is -1.08. The second-order valence-corrected chi connectivity index (χ2v) is 3.94. The maximum absolute atomic E-state index is 2.16. The molecule has 1 heteroatoms. The highest BCUT2D eigenvalue weighted by Crippen LogP contribution is 2.21. The van der Waals surface area contributed by atoms with E-state index in [0.29, 0.717) is 0 Å². The molecule has 0 amide bonds. The van der Waals surface area contributed by atoms with E-state index in [1.807, 2.05) is 17.8 Å². The van der Waals surface area contributed by atoms with E-state index in [2.05, 4.69) is 48.5 Å². The zero-order chi connectivity index (χ0) is 8.93. The van der Waals surface area contributed by atoms with Crippen LogP contribution in [-0.2, 0) is 5.75 Å². The van der Waals surface area contributed by atoms with Crippen LogP contribution in [0, 0.1) is 0 Å². The smallest absolute Gasteiger partial charge is 0.00644 e. The Labute approximate surface area is 83.0 Å². The fourth-order valence-corrected chi connectivity index (χ4v) is 2.07. The third kappa shape index (κ3) is 2.43. The molecule has 0 aromatic heterocycles. The van der Waals surface area contributed by atoms with Crippen molar-refractivity contribution in [1.29, 1.82) is 0 Å².